The second-order valence-electron chi connectivity index (χ2n) is 7.46. The van der Waals surface area contributed by atoms with Crippen molar-refractivity contribution in [3.63, 3.8) is 0 Å². The molecule has 0 unspecified atom stereocenters. The minimum absolute atomic E-state index is 0.377. The number of esters is 1. The van der Waals surface area contributed by atoms with Crippen molar-refractivity contribution < 1.29 is 19.1 Å². The molecule has 0 spiro atoms. The summed E-state index contributed by atoms with van der Waals surface area (Å²) >= 11 is 0. The van der Waals surface area contributed by atoms with Gasteiger partial charge in [-0.2, -0.15) is 5.26 Å². The fraction of sp³-hybridized carbons (Fsp3) is 0.571. The molecule has 1 aliphatic carbocycles. The van der Waals surface area contributed by atoms with Gasteiger partial charge in [0.1, 0.15) is 5.54 Å². The van der Waals surface area contributed by atoms with Crippen LogP contribution in [0.3, 0.4) is 0 Å². The highest BCUT2D eigenvalue weighted by atomic mass is 16.5. The van der Waals surface area contributed by atoms with Crippen LogP contribution in [0, 0.1) is 11.3 Å². The first kappa shape index (κ1) is 20.3. The Morgan fingerprint density at radius 2 is 1.82 bits per heavy atom. The molecule has 150 valence electrons. The maximum atomic E-state index is 12.2. The minimum Gasteiger partial charge on any atom is -0.452 e. The van der Waals surface area contributed by atoms with Crippen LogP contribution in [0.15, 0.2) is 24.3 Å². The van der Waals surface area contributed by atoms with Crippen LogP contribution in [0.1, 0.15) is 48.0 Å². The number of benzene rings is 1. The molecule has 0 atom stereocenters. The number of ether oxygens (including phenoxy) is 2. The molecule has 1 saturated carbocycles. The second-order valence-corrected chi connectivity index (χ2v) is 7.46. The Kier molecular flexibility index (Phi) is 7.01. The molecule has 0 bridgehead atoms. The highest BCUT2D eigenvalue weighted by Crippen LogP contribution is 2.27. The van der Waals surface area contributed by atoms with E-state index in [4.69, 9.17) is 9.47 Å². The van der Waals surface area contributed by atoms with Crippen LogP contribution in [0.25, 0.3) is 0 Å². The molecule has 7 heteroatoms. The summed E-state index contributed by atoms with van der Waals surface area (Å²) in [7, 11) is 0. The lowest BCUT2D eigenvalue weighted by atomic mass is 9.83. The molecule has 1 aromatic rings. The van der Waals surface area contributed by atoms with Crippen molar-refractivity contribution in [1.82, 2.24) is 10.2 Å². The first-order valence-corrected chi connectivity index (χ1v) is 9.89. The summed E-state index contributed by atoms with van der Waals surface area (Å²) in [6.07, 6.45) is 4.21. The average Bonchev–Trinajstić information content (AvgIpc) is 2.74. The first-order valence-electron chi connectivity index (χ1n) is 9.89. The van der Waals surface area contributed by atoms with Crippen molar-refractivity contribution >= 4 is 11.9 Å². The maximum Gasteiger partial charge on any atom is 0.338 e. The number of hydrogen-bond donors (Lipinski definition) is 1. The third kappa shape index (κ3) is 5.54. The highest BCUT2D eigenvalue weighted by molar-refractivity contribution is 5.91. The summed E-state index contributed by atoms with van der Waals surface area (Å²) in [5.74, 6) is -0.969. The van der Waals surface area contributed by atoms with Crippen molar-refractivity contribution in [2.75, 3.05) is 32.9 Å². The van der Waals surface area contributed by atoms with Crippen LogP contribution in [0.5, 0.6) is 0 Å². The van der Waals surface area contributed by atoms with Gasteiger partial charge in [0.05, 0.1) is 24.8 Å². The summed E-state index contributed by atoms with van der Waals surface area (Å²) in [5.41, 5.74) is 0.707. The van der Waals surface area contributed by atoms with E-state index in [1.165, 1.54) is 0 Å². The van der Waals surface area contributed by atoms with Gasteiger partial charge >= 0.3 is 5.97 Å². The van der Waals surface area contributed by atoms with Gasteiger partial charge in [0.15, 0.2) is 6.61 Å². The molecule has 1 aliphatic heterocycles. The van der Waals surface area contributed by atoms with E-state index in [1.807, 2.05) is 12.1 Å². The van der Waals surface area contributed by atoms with E-state index >= 15 is 0 Å². The number of nitriles is 1. The van der Waals surface area contributed by atoms with Gasteiger partial charge < -0.3 is 14.8 Å². The molecule has 1 amide bonds. The lowest BCUT2D eigenvalue weighted by molar-refractivity contribution is -0.125. The molecule has 1 heterocycles. The second kappa shape index (κ2) is 9.67. The molecule has 7 nitrogen and oxygen atoms in total. The van der Waals surface area contributed by atoms with Gasteiger partial charge in [0.25, 0.3) is 5.91 Å². The molecule has 28 heavy (non-hydrogen) atoms. The predicted octanol–water partition coefficient (Wildman–Crippen LogP) is 2.02. The fourth-order valence-electron chi connectivity index (χ4n) is 3.70. The Balaban J connectivity index is 1.46. The third-order valence-electron chi connectivity index (χ3n) is 5.33. The van der Waals surface area contributed by atoms with Crippen molar-refractivity contribution in [3.8, 4) is 6.07 Å². The molecule has 1 aromatic carbocycles. The van der Waals surface area contributed by atoms with E-state index in [9.17, 15) is 14.9 Å². The summed E-state index contributed by atoms with van der Waals surface area (Å²) in [4.78, 5) is 26.6. The van der Waals surface area contributed by atoms with E-state index in [-0.39, 0.29) is 6.61 Å². The Morgan fingerprint density at radius 1 is 1.14 bits per heavy atom. The van der Waals surface area contributed by atoms with Gasteiger partial charge in [-0.3, -0.25) is 9.69 Å². The summed E-state index contributed by atoms with van der Waals surface area (Å²) in [5, 5.41) is 12.2. The Bertz CT molecular complexity index is 714. The number of nitrogens with one attached hydrogen (secondary N) is 1. The number of rotatable bonds is 6. The lowest BCUT2D eigenvalue weighted by Gasteiger charge is -2.31. The quantitative estimate of drug-likeness (QED) is 0.754. The molecule has 1 N–H and O–H groups in total. The minimum atomic E-state index is -0.817. The molecule has 2 aliphatic rings. The summed E-state index contributed by atoms with van der Waals surface area (Å²) < 4.78 is 10.5. The zero-order chi connectivity index (χ0) is 19.8. The average molecular weight is 385 g/mol. The maximum absolute atomic E-state index is 12.2. The zero-order valence-corrected chi connectivity index (χ0v) is 16.1. The molecular weight excluding hydrogens is 358 g/mol. The van der Waals surface area contributed by atoms with Crippen LogP contribution in [0.2, 0.25) is 0 Å². The van der Waals surface area contributed by atoms with Gasteiger partial charge in [0, 0.05) is 19.6 Å². The summed E-state index contributed by atoms with van der Waals surface area (Å²) in [6, 6.07) is 9.46. The van der Waals surface area contributed by atoms with E-state index < -0.39 is 17.4 Å². The summed E-state index contributed by atoms with van der Waals surface area (Å²) in [6.45, 7) is 3.75. The highest BCUT2D eigenvalue weighted by Gasteiger charge is 2.33. The fourth-order valence-corrected chi connectivity index (χ4v) is 3.70. The van der Waals surface area contributed by atoms with Crippen molar-refractivity contribution in [1.29, 1.82) is 5.26 Å². The zero-order valence-electron chi connectivity index (χ0n) is 16.1. The monoisotopic (exact) mass is 385 g/mol. The van der Waals surface area contributed by atoms with Crippen LogP contribution < -0.4 is 5.32 Å². The SMILES string of the molecule is N#CC1(NC(=O)COC(=O)c2ccc(CN3CCOCC3)cc2)CCCCC1. The van der Waals surface area contributed by atoms with Crippen molar-refractivity contribution in [2.45, 2.75) is 44.2 Å². The van der Waals surface area contributed by atoms with E-state index in [1.54, 1.807) is 12.1 Å². The third-order valence-corrected chi connectivity index (χ3v) is 5.33. The van der Waals surface area contributed by atoms with Crippen molar-refractivity contribution in [2.24, 2.45) is 0 Å². The standard InChI is InChI=1S/C21H27N3O4/c22-16-21(8-2-1-3-9-21)23-19(25)15-28-20(26)18-6-4-17(5-7-18)14-24-10-12-27-13-11-24/h4-7H,1-3,8-15H2,(H,23,25). The predicted molar refractivity (Wildman–Crippen MR) is 102 cm³/mol. The molecular formula is C21H27N3O4. The van der Waals surface area contributed by atoms with Crippen LogP contribution in [-0.2, 0) is 20.8 Å². The number of morpholine rings is 1. The van der Waals surface area contributed by atoms with E-state index in [0.29, 0.717) is 18.4 Å². The van der Waals surface area contributed by atoms with Gasteiger partial charge in [-0.05, 0) is 30.5 Å². The van der Waals surface area contributed by atoms with Gasteiger partial charge in [-0.1, -0.05) is 31.4 Å². The first-order chi connectivity index (χ1) is 13.6. The van der Waals surface area contributed by atoms with E-state index in [0.717, 1.165) is 57.7 Å². The number of nitrogens with zero attached hydrogens (tertiary/aromatic N) is 2. The van der Waals surface area contributed by atoms with Gasteiger partial charge in [0.2, 0.25) is 0 Å². The molecule has 2 fully saturated rings. The van der Waals surface area contributed by atoms with E-state index in [2.05, 4.69) is 16.3 Å². The molecule has 0 radical (unpaired) electrons. The van der Waals surface area contributed by atoms with Crippen molar-refractivity contribution in [3.05, 3.63) is 35.4 Å². The number of carbonyl (C=O) groups is 2. The Morgan fingerprint density at radius 3 is 2.46 bits per heavy atom. The van der Waals surface area contributed by atoms with Gasteiger partial charge in [-0.25, -0.2) is 4.79 Å². The van der Waals surface area contributed by atoms with Crippen LogP contribution >= 0.6 is 0 Å². The topological polar surface area (TPSA) is 91.7 Å². The van der Waals surface area contributed by atoms with Gasteiger partial charge in [-0.15, -0.1) is 0 Å². The number of carbonyl (C=O) groups excluding carboxylic acids is 2. The normalized spacial score (nSPS) is 19.4. The Labute approximate surface area is 165 Å². The Hall–Kier alpha value is -2.43. The smallest absolute Gasteiger partial charge is 0.338 e. The number of amides is 1. The van der Waals surface area contributed by atoms with Crippen LogP contribution in [-0.4, -0.2) is 55.2 Å². The van der Waals surface area contributed by atoms with Crippen LogP contribution in [0.4, 0.5) is 0 Å². The molecule has 1 saturated heterocycles. The molecule has 0 aromatic heterocycles. The number of hydrogen-bond acceptors (Lipinski definition) is 6. The molecule has 3 rings (SSSR count). The lowest BCUT2D eigenvalue weighted by Crippen LogP contribution is -2.50. The largest absolute Gasteiger partial charge is 0.452 e.